The molecule has 1 aliphatic heterocycles. The van der Waals surface area contributed by atoms with E-state index in [-0.39, 0.29) is 5.56 Å². The molecule has 0 unspecified atom stereocenters. The quantitative estimate of drug-likeness (QED) is 0.490. The fraction of sp³-hybridized carbons (Fsp3) is 0.167. The molecule has 154 valence electrons. The summed E-state index contributed by atoms with van der Waals surface area (Å²) in [5.74, 6) is 0.680. The molecule has 5 aromatic rings. The first-order chi connectivity index (χ1) is 15.3. The summed E-state index contributed by atoms with van der Waals surface area (Å²) in [7, 11) is 0. The van der Waals surface area contributed by atoms with Gasteiger partial charge in [0.1, 0.15) is 11.3 Å². The number of piperazine rings is 1. The number of aromatic nitrogens is 3. The number of hydrogen-bond donors (Lipinski definition) is 1. The number of anilines is 2. The number of aromatic amines is 1. The topological polar surface area (TPSA) is 69.8 Å². The second kappa shape index (κ2) is 7.05. The van der Waals surface area contributed by atoms with Gasteiger partial charge >= 0.3 is 0 Å². The van der Waals surface area contributed by atoms with Gasteiger partial charge in [-0.15, -0.1) is 0 Å². The Morgan fingerprint density at radius 3 is 2.52 bits per heavy atom. The molecule has 1 fully saturated rings. The summed E-state index contributed by atoms with van der Waals surface area (Å²) in [6.45, 7) is 3.83. The maximum Gasteiger partial charge on any atom is 0.263 e. The maximum absolute atomic E-state index is 11.8. The number of nitrogens with zero attached hydrogens (tertiary/aromatic N) is 4. The molecule has 31 heavy (non-hydrogen) atoms. The Balaban J connectivity index is 1.33. The molecule has 0 spiro atoms. The zero-order chi connectivity index (χ0) is 20.8. The second-order valence-corrected chi connectivity index (χ2v) is 7.76. The summed E-state index contributed by atoms with van der Waals surface area (Å²) in [6.07, 6.45) is 1.72. The minimum absolute atomic E-state index is 0.181. The van der Waals surface area contributed by atoms with Crippen molar-refractivity contribution in [2.45, 2.75) is 0 Å². The summed E-state index contributed by atoms with van der Waals surface area (Å²) >= 11 is 0. The zero-order valence-electron chi connectivity index (χ0n) is 16.9. The SMILES string of the molecule is O=c1ccc2ncc(-c3cc4c(N5CCN(c6ccccc6)CC5)cccc4o3)n2[nH]1. The predicted molar refractivity (Wildman–Crippen MR) is 122 cm³/mol. The van der Waals surface area contributed by atoms with E-state index in [0.717, 1.165) is 42.8 Å². The van der Waals surface area contributed by atoms with E-state index in [9.17, 15) is 4.79 Å². The van der Waals surface area contributed by atoms with Gasteiger partial charge in [-0.25, -0.2) is 9.50 Å². The first kappa shape index (κ1) is 17.8. The second-order valence-electron chi connectivity index (χ2n) is 7.76. The average molecular weight is 411 g/mol. The Morgan fingerprint density at radius 1 is 0.871 bits per heavy atom. The lowest BCUT2D eigenvalue weighted by Crippen LogP contribution is -2.46. The molecule has 0 radical (unpaired) electrons. The van der Waals surface area contributed by atoms with Gasteiger partial charge in [-0.05, 0) is 36.4 Å². The molecular weight excluding hydrogens is 390 g/mol. The lowest BCUT2D eigenvalue weighted by molar-refractivity contribution is 0.624. The molecule has 1 aliphatic rings. The molecule has 0 aliphatic carbocycles. The molecule has 1 N–H and O–H groups in total. The molecule has 0 saturated carbocycles. The summed E-state index contributed by atoms with van der Waals surface area (Å²) in [4.78, 5) is 21.0. The van der Waals surface area contributed by atoms with Gasteiger partial charge in [0.15, 0.2) is 11.4 Å². The minimum atomic E-state index is -0.181. The van der Waals surface area contributed by atoms with Crippen LogP contribution in [-0.4, -0.2) is 40.8 Å². The highest BCUT2D eigenvalue weighted by Gasteiger charge is 2.21. The number of rotatable bonds is 3. The lowest BCUT2D eigenvalue weighted by atomic mass is 10.1. The number of para-hydroxylation sites is 1. The first-order valence-corrected chi connectivity index (χ1v) is 10.4. The molecule has 3 aromatic heterocycles. The molecule has 0 amide bonds. The van der Waals surface area contributed by atoms with Gasteiger partial charge in [-0.1, -0.05) is 24.3 Å². The number of nitrogens with one attached hydrogen (secondary N) is 1. The summed E-state index contributed by atoms with van der Waals surface area (Å²) in [6, 6.07) is 21.9. The molecule has 2 aromatic carbocycles. The first-order valence-electron chi connectivity index (χ1n) is 10.4. The van der Waals surface area contributed by atoms with Crippen molar-refractivity contribution in [3.05, 3.63) is 83.3 Å². The molecular formula is C24H21N5O2. The van der Waals surface area contributed by atoms with Crippen LogP contribution in [0.15, 0.2) is 82.1 Å². The summed E-state index contributed by atoms with van der Waals surface area (Å²) in [5.41, 5.74) is 4.48. The van der Waals surface area contributed by atoms with Crippen LogP contribution in [0.1, 0.15) is 0 Å². The van der Waals surface area contributed by atoms with Crippen LogP contribution in [0, 0.1) is 0 Å². The highest BCUT2D eigenvalue weighted by atomic mass is 16.3. The van der Waals surface area contributed by atoms with Gasteiger partial charge < -0.3 is 14.2 Å². The predicted octanol–water partition coefficient (Wildman–Crippen LogP) is 3.76. The number of H-pyrrole nitrogens is 1. The van der Waals surface area contributed by atoms with E-state index >= 15 is 0 Å². The van der Waals surface area contributed by atoms with Crippen molar-refractivity contribution >= 4 is 28.0 Å². The third kappa shape index (κ3) is 3.06. The van der Waals surface area contributed by atoms with Crippen molar-refractivity contribution in [1.82, 2.24) is 14.6 Å². The Morgan fingerprint density at radius 2 is 1.68 bits per heavy atom. The van der Waals surface area contributed by atoms with E-state index < -0.39 is 0 Å². The van der Waals surface area contributed by atoms with Crippen molar-refractivity contribution < 1.29 is 4.42 Å². The number of imidazole rings is 1. The van der Waals surface area contributed by atoms with Crippen molar-refractivity contribution in [3.63, 3.8) is 0 Å². The smallest absolute Gasteiger partial charge is 0.263 e. The van der Waals surface area contributed by atoms with Crippen LogP contribution >= 0.6 is 0 Å². The van der Waals surface area contributed by atoms with E-state index in [2.05, 4.69) is 56.3 Å². The third-order valence-electron chi connectivity index (χ3n) is 5.93. The lowest BCUT2D eigenvalue weighted by Gasteiger charge is -2.37. The van der Waals surface area contributed by atoms with Crippen molar-refractivity contribution in [2.24, 2.45) is 0 Å². The average Bonchev–Trinajstić information content (AvgIpc) is 3.43. The van der Waals surface area contributed by atoms with Gasteiger partial charge in [-0.2, -0.15) is 0 Å². The number of benzene rings is 2. The van der Waals surface area contributed by atoms with E-state index in [0.29, 0.717) is 11.4 Å². The van der Waals surface area contributed by atoms with Gasteiger partial charge in [0.25, 0.3) is 5.56 Å². The van der Waals surface area contributed by atoms with Crippen LogP contribution in [0.5, 0.6) is 0 Å². The maximum atomic E-state index is 11.8. The molecule has 0 atom stereocenters. The van der Waals surface area contributed by atoms with Gasteiger partial charge in [0, 0.05) is 49.0 Å². The van der Waals surface area contributed by atoms with Crippen molar-refractivity contribution in [2.75, 3.05) is 36.0 Å². The molecule has 1 saturated heterocycles. The van der Waals surface area contributed by atoms with Gasteiger partial charge in [0.2, 0.25) is 0 Å². The normalized spacial score (nSPS) is 14.6. The molecule has 7 nitrogen and oxygen atoms in total. The minimum Gasteiger partial charge on any atom is -0.454 e. The Bertz CT molecular complexity index is 1420. The van der Waals surface area contributed by atoms with Crippen LogP contribution in [0.3, 0.4) is 0 Å². The van der Waals surface area contributed by atoms with E-state index in [1.165, 1.54) is 17.4 Å². The fourth-order valence-corrected chi connectivity index (χ4v) is 4.36. The van der Waals surface area contributed by atoms with Crippen LogP contribution in [0.25, 0.3) is 28.1 Å². The van der Waals surface area contributed by atoms with Gasteiger partial charge in [0.05, 0.1) is 6.20 Å². The molecule has 6 rings (SSSR count). The van der Waals surface area contributed by atoms with Crippen LogP contribution in [-0.2, 0) is 0 Å². The van der Waals surface area contributed by atoms with E-state index in [4.69, 9.17) is 4.42 Å². The zero-order valence-corrected chi connectivity index (χ0v) is 16.9. The number of fused-ring (bicyclic) bond motifs is 2. The van der Waals surface area contributed by atoms with Crippen molar-refractivity contribution in [1.29, 1.82) is 0 Å². The number of hydrogen-bond acceptors (Lipinski definition) is 5. The molecule has 7 heteroatoms. The van der Waals surface area contributed by atoms with Crippen LogP contribution in [0.4, 0.5) is 11.4 Å². The molecule has 4 heterocycles. The molecule has 0 bridgehead atoms. The monoisotopic (exact) mass is 411 g/mol. The fourth-order valence-electron chi connectivity index (χ4n) is 4.36. The van der Waals surface area contributed by atoms with E-state index in [1.54, 1.807) is 16.8 Å². The third-order valence-corrected chi connectivity index (χ3v) is 5.93. The van der Waals surface area contributed by atoms with Crippen LogP contribution < -0.4 is 15.4 Å². The number of furan rings is 1. The Kier molecular flexibility index (Phi) is 4.06. The largest absolute Gasteiger partial charge is 0.454 e. The van der Waals surface area contributed by atoms with E-state index in [1.807, 2.05) is 18.2 Å². The van der Waals surface area contributed by atoms with Crippen LogP contribution in [0.2, 0.25) is 0 Å². The summed E-state index contributed by atoms with van der Waals surface area (Å²) in [5, 5.41) is 3.87. The standard InChI is InChI=1S/C24H21N5O2/c30-24-10-9-23-25-16-20(29(23)26-24)22-15-18-19(7-4-8-21(18)31-22)28-13-11-27(12-14-28)17-5-2-1-3-6-17/h1-10,15-16H,11-14H2,(H,26,30). The van der Waals surface area contributed by atoms with Gasteiger partial charge in [-0.3, -0.25) is 9.89 Å². The summed E-state index contributed by atoms with van der Waals surface area (Å²) < 4.78 is 7.83. The Labute approximate surface area is 178 Å². The highest BCUT2D eigenvalue weighted by Crippen LogP contribution is 2.34. The van der Waals surface area contributed by atoms with Crippen molar-refractivity contribution in [3.8, 4) is 11.5 Å². The highest BCUT2D eigenvalue weighted by molar-refractivity contribution is 5.94. The Hall–Kier alpha value is -4.00.